The molecule has 1 N–H and O–H groups in total. The molecule has 0 bridgehead atoms. The summed E-state index contributed by atoms with van der Waals surface area (Å²) in [5.74, 6) is 1.29. The standard InChI is InChI=1S/C29H30FN3O2/c1-32-29(35-25-14-8-13-24(30)17-25)26(28(31-32)23-11-6-3-7-12-23)19-33(18-21-15-16-21)20-27(34)22-9-4-2-5-10-22/h2-14,17,21,27,34H,15-16,18-20H2,1H3. The number of ether oxygens (including phenoxy) is 1. The summed E-state index contributed by atoms with van der Waals surface area (Å²) in [7, 11) is 1.84. The van der Waals surface area contributed by atoms with Crippen LogP contribution in [0, 0.1) is 11.7 Å². The van der Waals surface area contributed by atoms with Crippen LogP contribution < -0.4 is 4.74 Å². The Morgan fingerprint density at radius 3 is 2.43 bits per heavy atom. The van der Waals surface area contributed by atoms with Crippen LogP contribution in [0.5, 0.6) is 11.6 Å². The lowest BCUT2D eigenvalue weighted by Gasteiger charge is -2.26. The van der Waals surface area contributed by atoms with E-state index in [-0.39, 0.29) is 5.82 Å². The van der Waals surface area contributed by atoms with Gasteiger partial charge < -0.3 is 9.84 Å². The van der Waals surface area contributed by atoms with Gasteiger partial charge in [0, 0.05) is 38.3 Å². The van der Waals surface area contributed by atoms with Crippen LogP contribution in [-0.4, -0.2) is 32.9 Å². The Bertz CT molecular complexity index is 1260. The molecule has 1 fully saturated rings. The smallest absolute Gasteiger partial charge is 0.222 e. The number of nitrogens with zero attached hydrogens (tertiary/aromatic N) is 3. The number of aliphatic hydroxyl groups excluding tert-OH is 1. The Labute approximate surface area is 205 Å². The van der Waals surface area contributed by atoms with Gasteiger partial charge in [-0.3, -0.25) is 4.90 Å². The van der Waals surface area contributed by atoms with E-state index in [1.807, 2.05) is 67.7 Å². The van der Waals surface area contributed by atoms with E-state index in [2.05, 4.69) is 4.90 Å². The third-order valence-electron chi connectivity index (χ3n) is 6.36. The topological polar surface area (TPSA) is 50.5 Å². The van der Waals surface area contributed by atoms with Crippen LogP contribution in [0.2, 0.25) is 0 Å². The summed E-state index contributed by atoms with van der Waals surface area (Å²) in [4.78, 5) is 2.29. The Morgan fingerprint density at radius 2 is 1.74 bits per heavy atom. The number of rotatable bonds is 10. The Kier molecular flexibility index (Phi) is 6.93. The van der Waals surface area contributed by atoms with Crippen molar-refractivity contribution in [3.63, 3.8) is 0 Å². The van der Waals surface area contributed by atoms with E-state index in [1.165, 1.54) is 25.0 Å². The molecule has 1 aliphatic rings. The minimum Gasteiger partial charge on any atom is -0.439 e. The van der Waals surface area contributed by atoms with E-state index in [4.69, 9.17) is 9.84 Å². The second kappa shape index (κ2) is 10.4. The van der Waals surface area contributed by atoms with Crippen molar-refractivity contribution in [3.05, 3.63) is 102 Å². The van der Waals surface area contributed by atoms with Gasteiger partial charge in [-0.15, -0.1) is 0 Å². The van der Waals surface area contributed by atoms with E-state index in [9.17, 15) is 9.50 Å². The summed E-state index contributed by atoms with van der Waals surface area (Å²) in [6, 6.07) is 25.9. The summed E-state index contributed by atoms with van der Waals surface area (Å²) in [6.07, 6.45) is 1.83. The molecule has 3 aromatic carbocycles. The van der Waals surface area contributed by atoms with Gasteiger partial charge in [-0.25, -0.2) is 9.07 Å². The van der Waals surface area contributed by atoms with Crippen LogP contribution in [0.3, 0.4) is 0 Å². The first kappa shape index (κ1) is 23.3. The highest BCUT2D eigenvalue weighted by Crippen LogP contribution is 2.36. The number of hydrogen-bond donors (Lipinski definition) is 1. The fourth-order valence-corrected chi connectivity index (χ4v) is 4.41. The number of halogens is 1. The summed E-state index contributed by atoms with van der Waals surface area (Å²) in [6.45, 7) is 1.96. The molecule has 180 valence electrons. The predicted molar refractivity (Wildman–Crippen MR) is 135 cm³/mol. The van der Waals surface area contributed by atoms with E-state index < -0.39 is 6.10 Å². The molecule has 0 spiro atoms. The quantitative estimate of drug-likeness (QED) is 0.310. The first-order chi connectivity index (χ1) is 17.1. The van der Waals surface area contributed by atoms with Crippen LogP contribution in [0.15, 0.2) is 84.9 Å². The van der Waals surface area contributed by atoms with Gasteiger partial charge in [0.2, 0.25) is 5.88 Å². The molecule has 35 heavy (non-hydrogen) atoms. The number of aryl methyl sites for hydroxylation is 1. The maximum Gasteiger partial charge on any atom is 0.222 e. The molecule has 0 saturated heterocycles. The van der Waals surface area contributed by atoms with Gasteiger partial charge in [0.25, 0.3) is 0 Å². The molecule has 0 amide bonds. The molecule has 0 radical (unpaired) electrons. The molecule has 5 rings (SSSR count). The average molecular weight is 472 g/mol. The van der Waals surface area contributed by atoms with Gasteiger partial charge >= 0.3 is 0 Å². The normalized spacial score (nSPS) is 14.3. The zero-order valence-corrected chi connectivity index (χ0v) is 19.8. The van der Waals surface area contributed by atoms with Gasteiger partial charge in [0.15, 0.2) is 0 Å². The largest absolute Gasteiger partial charge is 0.439 e. The second-order valence-electron chi connectivity index (χ2n) is 9.25. The van der Waals surface area contributed by atoms with E-state index in [1.54, 1.807) is 16.8 Å². The van der Waals surface area contributed by atoms with Gasteiger partial charge in [-0.1, -0.05) is 66.7 Å². The average Bonchev–Trinajstić information content (AvgIpc) is 3.64. The fourth-order valence-electron chi connectivity index (χ4n) is 4.41. The molecule has 1 aromatic heterocycles. The Balaban J connectivity index is 1.49. The highest BCUT2D eigenvalue weighted by Gasteiger charge is 2.29. The molecule has 5 nitrogen and oxygen atoms in total. The highest BCUT2D eigenvalue weighted by molar-refractivity contribution is 5.65. The first-order valence-corrected chi connectivity index (χ1v) is 12.1. The molecular weight excluding hydrogens is 441 g/mol. The minimum absolute atomic E-state index is 0.351. The van der Waals surface area contributed by atoms with Crippen LogP contribution >= 0.6 is 0 Å². The van der Waals surface area contributed by atoms with Crippen LogP contribution in [0.25, 0.3) is 11.3 Å². The van der Waals surface area contributed by atoms with Crippen molar-refractivity contribution in [2.45, 2.75) is 25.5 Å². The molecule has 1 aliphatic carbocycles. The van der Waals surface area contributed by atoms with Crippen molar-refractivity contribution in [2.75, 3.05) is 13.1 Å². The van der Waals surface area contributed by atoms with Crippen molar-refractivity contribution >= 4 is 0 Å². The number of hydrogen-bond acceptors (Lipinski definition) is 4. The number of benzene rings is 3. The Morgan fingerprint density at radius 1 is 1.03 bits per heavy atom. The highest BCUT2D eigenvalue weighted by atomic mass is 19.1. The van der Waals surface area contributed by atoms with Gasteiger partial charge in [0.1, 0.15) is 17.3 Å². The van der Waals surface area contributed by atoms with E-state index >= 15 is 0 Å². The van der Waals surface area contributed by atoms with Crippen molar-refractivity contribution in [1.82, 2.24) is 14.7 Å². The third-order valence-corrected chi connectivity index (χ3v) is 6.36. The predicted octanol–water partition coefficient (Wildman–Crippen LogP) is 5.96. The summed E-state index contributed by atoms with van der Waals surface area (Å²) >= 11 is 0. The second-order valence-corrected chi connectivity index (χ2v) is 9.25. The zero-order chi connectivity index (χ0) is 24.2. The van der Waals surface area contributed by atoms with Crippen LogP contribution in [0.4, 0.5) is 4.39 Å². The molecular formula is C29H30FN3O2. The van der Waals surface area contributed by atoms with Gasteiger partial charge in [-0.2, -0.15) is 5.10 Å². The van der Waals surface area contributed by atoms with E-state index in [0.29, 0.717) is 30.6 Å². The molecule has 1 saturated carbocycles. The summed E-state index contributed by atoms with van der Waals surface area (Å²) in [5, 5.41) is 15.8. The first-order valence-electron chi connectivity index (χ1n) is 12.1. The van der Waals surface area contributed by atoms with Crippen molar-refractivity contribution in [2.24, 2.45) is 13.0 Å². The molecule has 1 unspecified atom stereocenters. The number of aromatic nitrogens is 2. The molecule has 1 heterocycles. The lowest BCUT2D eigenvalue weighted by Crippen LogP contribution is -2.30. The van der Waals surface area contributed by atoms with Crippen molar-refractivity contribution < 1.29 is 14.2 Å². The number of aliphatic hydroxyl groups is 1. The monoisotopic (exact) mass is 471 g/mol. The molecule has 1 atom stereocenters. The molecule has 4 aromatic rings. The van der Waals surface area contributed by atoms with Gasteiger partial charge in [-0.05, 0) is 36.5 Å². The summed E-state index contributed by atoms with van der Waals surface area (Å²) in [5.41, 5.74) is 3.64. The van der Waals surface area contributed by atoms with E-state index in [0.717, 1.165) is 28.9 Å². The molecule has 6 heteroatoms. The van der Waals surface area contributed by atoms with Crippen LogP contribution in [-0.2, 0) is 13.6 Å². The van der Waals surface area contributed by atoms with Crippen molar-refractivity contribution in [1.29, 1.82) is 0 Å². The zero-order valence-electron chi connectivity index (χ0n) is 19.8. The minimum atomic E-state index is -0.598. The SMILES string of the molecule is Cn1nc(-c2ccccc2)c(CN(CC2CC2)CC(O)c2ccccc2)c1Oc1cccc(F)c1. The lowest BCUT2D eigenvalue weighted by atomic mass is 10.1. The molecule has 0 aliphatic heterocycles. The maximum atomic E-state index is 13.9. The van der Waals surface area contributed by atoms with Crippen LogP contribution in [0.1, 0.15) is 30.1 Å². The third kappa shape index (κ3) is 5.78. The van der Waals surface area contributed by atoms with Gasteiger partial charge in [0.05, 0.1) is 11.7 Å². The summed E-state index contributed by atoms with van der Waals surface area (Å²) < 4.78 is 21.8. The van der Waals surface area contributed by atoms with Crippen molar-refractivity contribution in [3.8, 4) is 22.9 Å². The Hall–Kier alpha value is -3.48. The lowest BCUT2D eigenvalue weighted by molar-refractivity contribution is 0.106. The fraction of sp³-hybridized carbons (Fsp3) is 0.276. The maximum absolute atomic E-state index is 13.9.